The number of aliphatic hydroxyl groups is 1. The maximum atomic E-state index is 12.7. The number of carbonyl (C=O) groups excluding carboxylic acids is 1. The standard InChI is InChI=1S/C15H19F3N4O2/c16-15(17,18)14-19-5-1-12(20-14)21-6-2-10(3-7-21)9-22-8-4-11(23)13(22)24/h1,5,10-11,23H,2-4,6-9H2. The van der Waals surface area contributed by atoms with Gasteiger partial charge in [0.1, 0.15) is 11.9 Å². The summed E-state index contributed by atoms with van der Waals surface area (Å²) in [7, 11) is 0. The molecule has 3 rings (SSSR count). The second-order valence-electron chi connectivity index (χ2n) is 6.26. The molecule has 9 heteroatoms. The van der Waals surface area contributed by atoms with E-state index in [9.17, 15) is 23.1 Å². The zero-order valence-corrected chi connectivity index (χ0v) is 13.0. The molecule has 0 saturated carbocycles. The van der Waals surface area contributed by atoms with Gasteiger partial charge in [-0.2, -0.15) is 13.2 Å². The Kier molecular flexibility index (Phi) is 4.62. The molecule has 0 bridgehead atoms. The van der Waals surface area contributed by atoms with Crippen LogP contribution >= 0.6 is 0 Å². The van der Waals surface area contributed by atoms with Gasteiger partial charge in [-0.25, -0.2) is 9.97 Å². The van der Waals surface area contributed by atoms with Crippen molar-refractivity contribution in [2.45, 2.75) is 31.5 Å². The molecule has 0 radical (unpaired) electrons. The molecule has 1 amide bonds. The van der Waals surface area contributed by atoms with E-state index in [0.717, 1.165) is 19.0 Å². The van der Waals surface area contributed by atoms with Crippen molar-refractivity contribution in [3.05, 3.63) is 18.1 Å². The third kappa shape index (κ3) is 3.61. The predicted octanol–water partition coefficient (Wildman–Crippen LogP) is 1.30. The molecule has 1 unspecified atom stereocenters. The topological polar surface area (TPSA) is 69.6 Å². The fourth-order valence-corrected chi connectivity index (χ4v) is 3.22. The Morgan fingerprint density at radius 3 is 2.50 bits per heavy atom. The average Bonchev–Trinajstić information content (AvgIpc) is 2.87. The molecule has 2 aliphatic heterocycles. The Morgan fingerprint density at radius 2 is 1.92 bits per heavy atom. The van der Waals surface area contributed by atoms with E-state index < -0.39 is 18.1 Å². The highest BCUT2D eigenvalue weighted by atomic mass is 19.4. The molecule has 3 heterocycles. The van der Waals surface area contributed by atoms with Gasteiger partial charge in [-0.05, 0) is 31.2 Å². The minimum absolute atomic E-state index is 0.219. The Balaban J connectivity index is 1.56. The van der Waals surface area contributed by atoms with E-state index in [1.807, 2.05) is 4.90 Å². The first-order chi connectivity index (χ1) is 11.3. The van der Waals surface area contributed by atoms with Crippen LogP contribution in [0.3, 0.4) is 0 Å². The fraction of sp³-hybridized carbons (Fsp3) is 0.667. The molecule has 2 aliphatic rings. The van der Waals surface area contributed by atoms with Gasteiger partial charge < -0.3 is 14.9 Å². The zero-order valence-electron chi connectivity index (χ0n) is 13.0. The molecule has 0 spiro atoms. The molecule has 132 valence electrons. The first-order valence-electron chi connectivity index (χ1n) is 7.96. The molecule has 2 saturated heterocycles. The summed E-state index contributed by atoms with van der Waals surface area (Å²) < 4.78 is 38.1. The number of likely N-dealkylation sites (tertiary alicyclic amines) is 1. The third-order valence-corrected chi connectivity index (χ3v) is 4.58. The van der Waals surface area contributed by atoms with Crippen molar-refractivity contribution >= 4 is 11.7 Å². The van der Waals surface area contributed by atoms with Crippen molar-refractivity contribution in [3.8, 4) is 0 Å². The van der Waals surface area contributed by atoms with Gasteiger partial charge in [-0.3, -0.25) is 4.79 Å². The number of aliphatic hydroxyl groups excluding tert-OH is 1. The number of amides is 1. The highest BCUT2D eigenvalue weighted by Gasteiger charge is 2.36. The van der Waals surface area contributed by atoms with E-state index in [2.05, 4.69) is 9.97 Å². The number of alkyl halides is 3. The summed E-state index contributed by atoms with van der Waals surface area (Å²) in [6, 6.07) is 1.48. The predicted molar refractivity (Wildman–Crippen MR) is 79.2 cm³/mol. The van der Waals surface area contributed by atoms with E-state index in [1.165, 1.54) is 6.07 Å². The molecule has 0 aliphatic carbocycles. The monoisotopic (exact) mass is 344 g/mol. The van der Waals surface area contributed by atoms with E-state index in [-0.39, 0.29) is 11.7 Å². The third-order valence-electron chi connectivity index (χ3n) is 4.58. The van der Waals surface area contributed by atoms with E-state index >= 15 is 0 Å². The number of piperidine rings is 1. The van der Waals surface area contributed by atoms with Gasteiger partial charge in [0.25, 0.3) is 5.91 Å². The number of anilines is 1. The van der Waals surface area contributed by atoms with Crippen LogP contribution in [0.4, 0.5) is 19.0 Å². The second kappa shape index (κ2) is 6.54. The summed E-state index contributed by atoms with van der Waals surface area (Å²) in [4.78, 5) is 22.1. The molecule has 1 atom stereocenters. The number of rotatable bonds is 3. The van der Waals surface area contributed by atoms with Crippen molar-refractivity contribution in [2.75, 3.05) is 31.1 Å². The summed E-state index contributed by atoms with van der Waals surface area (Å²) in [6.07, 6.45) is -2.30. The number of aromatic nitrogens is 2. The Bertz CT molecular complexity index is 603. The molecule has 0 aromatic carbocycles. The minimum atomic E-state index is -4.55. The molecule has 1 aromatic heterocycles. The number of nitrogens with zero attached hydrogens (tertiary/aromatic N) is 4. The van der Waals surface area contributed by atoms with E-state index in [4.69, 9.17) is 0 Å². The van der Waals surface area contributed by atoms with Gasteiger partial charge in [0, 0.05) is 32.4 Å². The Hall–Kier alpha value is -1.90. The smallest absolute Gasteiger partial charge is 0.383 e. The van der Waals surface area contributed by atoms with Gasteiger partial charge in [0.2, 0.25) is 5.82 Å². The van der Waals surface area contributed by atoms with E-state index in [0.29, 0.717) is 38.5 Å². The van der Waals surface area contributed by atoms with E-state index in [1.54, 1.807) is 4.90 Å². The normalized spacial score (nSPS) is 23.2. The average molecular weight is 344 g/mol. The second-order valence-corrected chi connectivity index (χ2v) is 6.26. The summed E-state index contributed by atoms with van der Waals surface area (Å²) >= 11 is 0. The van der Waals surface area contributed by atoms with Crippen LogP contribution in [0.1, 0.15) is 25.1 Å². The van der Waals surface area contributed by atoms with Crippen LogP contribution in [0.15, 0.2) is 12.3 Å². The largest absolute Gasteiger partial charge is 0.451 e. The summed E-state index contributed by atoms with van der Waals surface area (Å²) in [6.45, 7) is 2.34. The van der Waals surface area contributed by atoms with Crippen LogP contribution in [0.2, 0.25) is 0 Å². The minimum Gasteiger partial charge on any atom is -0.383 e. The van der Waals surface area contributed by atoms with Gasteiger partial charge in [0.15, 0.2) is 0 Å². The lowest BCUT2D eigenvalue weighted by Crippen LogP contribution is -2.40. The quantitative estimate of drug-likeness (QED) is 0.895. The van der Waals surface area contributed by atoms with Crippen LogP contribution in [-0.4, -0.2) is 58.2 Å². The van der Waals surface area contributed by atoms with Crippen LogP contribution in [-0.2, 0) is 11.0 Å². The van der Waals surface area contributed by atoms with Crippen LogP contribution in [0.5, 0.6) is 0 Å². The van der Waals surface area contributed by atoms with Gasteiger partial charge in [-0.1, -0.05) is 0 Å². The van der Waals surface area contributed by atoms with Gasteiger partial charge in [-0.15, -0.1) is 0 Å². The van der Waals surface area contributed by atoms with Crippen molar-refractivity contribution in [1.29, 1.82) is 0 Å². The zero-order chi connectivity index (χ0) is 17.3. The summed E-state index contributed by atoms with van der Waals surface area (Å²) in [5.74, 6) is -0.773. The first-order valence-corrected chi connectivity index (χ1v) is 7.96. The van der Waals surface area contributed by atoms with Crippen LogP contribution < -0.4 is 4.90 Å². The molecule has 1 aromatic rings. The maximum Gasteiger partial charge on any atom is 0.451 e. The highest BCUT2D eigenvalue weighted by Crippen LogP contribution is 2.29. The van der Waals surface area contributed by atoms with Crippen LogP contribution in [0.25, 0.3) is 0 Å². The number of hydrogen-bond acceptors (Lipinski definition) is 5. The molecule has 1 N–H and O–H groups in total. The fourth-order valence-electron chi connectivity index (χ4n) is 3.22. The van der Waals surface area contributed by atoms with Crippen molar-refractivity contribution in [2.24, 2.45) is 5.92 Å². The van der Waals surface area contributed by atoms with Crippen molar-refractivity contribution in [1.82, 2.24) is 14.9 Å². The Morgan fingerprint density at radius 1 is 1.21 bits per heavy atom. The summed E-state index contributed by atoms with van der Waals surface area (Å²) in [5.41, 5.74) is 0. The lowest BCUT2D eigenvalue weighted by atomic mass is 9.96. The lowest BCUT2D eigenvalue weighted by Gasteiger charge is -2.34. The van der Waals surface area contributed by atoms with Crippen molar-refractivity contribution in [3.63, 3.8) is 0 Å². The lowest BCUT2D eigenvalue weighted by molar-refractivity contribution is -0.144. The van der Waals surface area contributed by atoms with Crippen LogP contribution in [0, 0.1) is 5.92 Å². The SMILES string of the molecule is O=C1C(O)CCN1CC1CCN(c2ccnc(C(F)(F)F)n2)CC1. The first kappa shape index (κ1) is 16.9. The molecular formula is C15H19F3N4O2. The van der Waals surface area contributed by atoms with Crippen molar-refractivity contribution < 1.29 is 23.1 Å². The molecule has 24 heavy (non-hydrogen) atoms. The number of halogens is 3. The highest BCUT2D eigenvalue weighted by molar-refractivity contribution is 5.82. The molecule has 6 nitrogen and oxygen atoms in total. The summed E-state index contributed by atoms with van der Waals surface area (Å²) in [5, 5.41) is 9.47. The Labute approximate surface area is 137 Å². The van der Waals surface area contributed by atoms with Gasteiger partial charge >= 0.3 is 6.18 Å². The number of carbonyl (C=O) groups is 1. The maximum absolute atomic E-state index is 12.7. The molecule has 2 fully saturated rings. The number of hydrogen-bond donors (Lipinski definition) is 1. The molecular weight excluding hydrogens is 325 g/mol. The van der Waals surface area contributed by atoms with Gasteiger partial charge in [0.05, 0.1) is 0 Å².